The summed E-state index contributed by atoms with van der Waals surface area (Å²) in [4.78, 5) is 7.76. The van der Waals surface area contributed by atoms with Crippen LogP contribution in [0.4, 0.5) is 11.6 Å². The molecular weight excluding hydrogens is 334 g/mol. The van der Waals surface area contributed by atoms with Crippen molar-refractivity contribution in [2.24, 2.45) is 0 Å². The van der Waals surface area contributed by atoms with Crippen LogP contribution in [-0.2, 0) is 0 Å². The zero-order valence-corrected chi connectivity index (χ0v) is 12.6. The number of ether oxygens (including phenoxy) is 2. The van der Waals surface area contributed by atoms with Gasteiger partial charge in [-0.2, -0.15) is 0 Å². The smallest absolute Gasteiger partial charge is 0.205 e. The summed E-state index contributed by atoms with van der Waals surface area (Å²) in [6.45, 7) is 1.16. The molecule has 0 saturated heterocycles. The Hall–Kier alpha value is -2.21. The predicted molar refractivity (Wildman–Crippen MR) is 84.5 cm³/mol. The second-order valence-corrected chi connectivity index (χ2v) is 5.65. The van der Waals surface area contributed by atoms with Gasteiger partial charge in [-0.1, -0.05) is 15.9 Å². The monoisotopic (exact) mass is 345 g/mol. The van der Waals surface area contributed by atoms with Crippen molar-refractivity contribution in [2.75, 3.05) is 18.5 Å². The number of hydrogen-bond donors (Lipinski definition) is 2. The van der Waals surface area contributed by atoms with Crippen molar-refractivity contribution in [1.29, 1.82) is 0 Å². The van der Waals surface area contributed by atoms with Crippen LogP contribution in [0.15, 0.2) is 40.9 Å². The van der Waals surface area contributed by atoms with Gasteiger partial charge in [0.15, 0.2) is 11.5 Å². The summed E-state index contributed by atoms with van der Waals surface area (Å²) >= 11 is 3.42. The van der Waals surface area contributed by atoms with Gasteiger partial charge in [0.1, 0.15) is 13.2 Å². The van der Waals surface area contributed by atoms with E-state index in [-0.39, 0.29) is 0 Å². The van der Waals surface area contributed by atoms with Crippen LogP contribution in [0.5, 0.6) is 11.5 Å². The van der Waals surface area contributed by atoms with E-state index >= 15 is 0 Å². The van der Waals surface area contributed by atoms with Crippen LogP contribution in [0, 0.1) is 0 Å². The molecule has 106 valence electrons. The molecule has 2 aromatic carbocycles. The van der Waals surface area contributed by atoms with Crippen LogP contribution in [-0.4, -0.2) is 23.2 Å². The van der Waals surface area contributed by atoms with Crippen LogP contribution >= 0.6 is 15.9 Å². The molecule has 1 aromatic heterocycles. The summed E-state index contributed by atoms with van der Waals surface area (Å²) in [5, 5.41) is 3.24. The zero-order valence-electron chi connectivity index (χ0n) is 11.0. The maximum atomic E-state index is 5.57. The number of aromatic nitrogens is 2. The Morgan fingerprint density at radius 2 is 1.76 bits per heavy atom. The van der Waals surface area contributed by atoms with Crippen LogP contribution in [0.25, 0.3) is 11.0 Å². The molecule has 0 unspecified atom stereocenters. The Morgan fingerprint density at radius 1 is 1.05 bits per heavy atom. The van der Waals surface area contributed by atoms with Gasteiger partial charge in [0.05, 0.1) is 11.0 Å². The van der Waals surface area contributed by atoms with Crippen molar-refractivity contribution in [1.82, 2.24) is 9.97 Å². The van der Waals surface area contributed by atoms with Gasteiger partial charge in [0.25, 0.3) is 0 Å². The number of aromatic amines is 1. The van der Waals surface area contributed by atoms with Crippen molar-refractivity contribution < 1.29 is 9.47 Å². The molecular formula is C15H12BrN3O2. The van der Waals surface area contributed by atoms with E-state index in [0.717, 1.165) is 32.7 Å². The van der Waals surface area contributed by atoms with Crippen LogP contribution in [0.1, 0.15) is 0 Å². The molecule has 0 bridgehead atoms. The fourth-order valence-electron chi connectivity index (χ4n) is 2.28. The number of rotatable bonds is 2. The highest BCUT2D eigenvalue weighted by Crippen LogP contribution is 2.34. The molecule has 0 spiro atoms. The molecule has 0 aliphatic carbocycles. The maximum Gasteiger partial charge on any atom is 0.205 e. The van der Waals surface area contributed by atoms with Gasteiger partial charge in [0, 0.05) is 22.3 Å². The molecule has 0 fully saturated rings. The predicted octanol–water partition coefficient (Wildman–Crippen LogP) is 3.84. The summed E-state index contributed by atoms with van der Waals surface area (Å²) in [5.74, 6) is 2.19. The summed E-state index contributed by atoms with van der Waals surface area (Å²) in [5.41, 5.74) is 2.73. The highest BCUT2D eigenvalue weighted by Gasteiger charge is 2.14. The highest BCUT2D eigenvalue weighted by atomic mass is 79.9. The van der Waals surface area contributed by atoms with Gasteiger partial charge >= 0.3 is 0 Å². The summed E-state index contributed by atoms with van der Waals surface area (Å²) in [6.07, 6.45) is 0. The third-order valence-electron chi connectivity index (χ3n) is 3.25. The van der Waals surface area contributed by atoms with E-state index in [9.17, 15) is 0 Å². The molecule has 0 radical (unpaired) electrons. The van der Waals surface area contributed by atoms with E-state index in [1.54, 1.807) is 0 Å². The summed E-state index contributed by atoms with van der Waals surface area (Å²) < 4.78 is 12.2. The number of anilines is 2. The minimum atomic E-state index is 0.576. The van der Waals surface area contributed by atoms with E-state index < -0.39 is 0 Å². The molecule has 5 nitrogen and oxygen atoms in total. The number of hydrogen-bond acceptors (Lipinski definition) is 4. The lowest BCUT2D eigenvalue weighted by Crippen LogP contribution is -2.15. The molecule has 4 rings (SSSR count). The first-order valence-corrected chi connectivity index (χ1v) is 7.39. The highest BCUT2D eigenvalue weighted by molar-refractivity contribution is 9.10. The average molecular weight is 346 g/mol. The number of nitrogens with one attached hydrogen (secondary N) is 2. The zero-order chi connectivity index (χ0) is 14.2. The minimum absolute atomic E-state index is 0.576. The Kier molecular flexibility index (Phi) is 2.96. The quantitative estimate of drug-likeness (QED) is 0.740. The van der Waals surface area contributed by atoms with Gasteiger partial charge in [-0.3, -0.25) is 0 Å². The molecule has 0 saturated carbocycles. The van der Waals surface area contributed by atoms with Gasteiger partial charge < -0.3 is 19.8 Å². The fourth-order valence-corrected chi connectivity index (χ4v) is 2.54. The van der Waals surface area contributed by atoms with Gasteiger partial charge in [-0.15, -0.1) is 0 Å². The number of benzene rings is 2. The number of imidazole rings is 1. The number of H-pyrrole nitrogens is 1. The Labute approximate surface area is 129 Å². The molecule has 2 N–H and O–H groups in total. The standard InChI is InChI=1S/C15H12BrN3O2/c16-9-1-3-10(4-2-9)17-15-18-11-7-13-14(8-12(11)19-15)21-6-5-20-13/h1-4,7-8H,5-6H2,(H2,17,18,19). The lowest BCUT2D eigenvalue weighted by Gasteiger charge is -2.17. The van der Waals surface area contributed by atoms with Crippen LogP contribution < -0.4 is 14.8 Å². The van der Waals surface area contributed by atoms with Gasteiger partial charge in [0.2, 0.25) is 5.95 Å². The molecule has 21 heavy (non-hydrogen) atoms. The first kappa shape index (κ1) is 12.5. The summed E-state index contributed by atoms with van der Waals surface area (Å²) in [7, 11) is 0. The lowest BCUT2D eigenvalue weighted by molar-refractivity contribution is 0.172. The third kappa shape index (κ3) is 2.42. The van der Waals surface area contributed by atoms with Crippen molar-refractivity contribution in [3.63, 3.8) is 0 Å². The van der Waals surface area contributed by atoms with E-state index in [1.807, 2.05) is 36.4 Å². The topological polar surface area (TPSA) is 59.2 Å². The number of halogens is 1. The van der Waals surface area contributed by atoms with Crippen molar-refractivity contribution >= 4 is 38.6 Å². The van der Waals surface area contributed by atoms with E-state index in [1.165, 1.54) is 0 Å². The SMILES string of the molecule is Brc1ccc(Nc2nc3cc4c(cc3[nH]2)OCCO4)cc1. The van der Waals surface area contributed by atoms with Gasteiger partial charge in [-0.05, 0) is 24.3 Å². The third-order valence-corrected chi connectivity index (χ3v) is 3.78. The van der Waals surface area contributed by atoms with Crippen molar-refractivity contribution in [2.45, 2.75) is 0 Å². The second kappa shape index (κ2) is 4.96. The molecule has 0 amide bonds. The number of nitrogens with zero attached hydrogens (tertiary/aromatic N) is 1. The summed E-state index contributed by atoms with van der Waals surface area (Å²) in [6, 6.07) is 11.7. The minimum Gasteiger partial charge on any atom is -0.486 e. The average Bonchev–Trinajstić information content (AvgIpc) is 2.88. The Morgan fingerprint density at radius 3 is 2.52 bits per heavy atom. The lowest BCUT2D eigenvalue weighted by atomic mass is 10.2. The maximum absolute atomic E-state index is 5.57. The van der Waals surface area contributed by atoms with E-state index in [4.69, 9.17) is 9.47 Å². The van der Waals surface area contributed by atoms with E-state index in [0.29, 0.717) is 19.2 Å². The molecule has 6 heteroatoms. The molecule has 0 atom stereocenters. The number of fused-ring (bicyclic) bond motifs is 2. The largest absolute Gasteiger partial charge is 0.486 e. The second-order valence-electron chi connectivity index (χ2n) is 4.73. The van der Waals surface area contributed by atoms with Crippen molar-refractivity contribution in [3.05, 3.63) is 40.9 Å². The molecule has 2 heterocycles. The first-order valence-electron chi connectivity index (χ1n) is 6.60. The van der Waals surface area contributed by atoms with Crippen molar-refractivity contribution in [3.8, 4) is 11.5 Å². The molecule has 1 aliphatic rings. The van der Waals surface area contributed by atoms with E-state index in [2.05, 4.69) is 31.2 Å². The fraction of sp³-hybridized carbons (Fsp3) is 0.133. The normalized spacial score (nSPS) is 13.4. The van der Waals surface area contributed by atoms with Gasteiger partial charge in [-0.25, -0.2) is 4.98 Å². The molecule has 1 aliphatic heterocycles. The van der Waals surface area contributed by atoms with Crippen LogP contribution in [0.3, 0.4) is 0 Å². The Bertz CT molecular complexity index is 756. The Balaban J connectivity index is 1.68. The first-order chi connectivity index (χ1) is 10.3. The van der Waals surface area contributed by atoms with Crippen LogP contribution in [0.2, 0.25) is 0 Å². The molecule has 3 aromatic rings.